The second kappa shape index (κ2) is 7.89. The Hall–Kier alpha value is -2.71. The van der Waals surface area contributed by atoms with E-state index in [1.54, 1.807) is 11.8 Å². The molecule has 0 aromatic heterocycles. The third kappa shape index (κ3) is 4.35. The Morgan fingerprint density at radius 1 is 1.11 bits per heavy atom. The molecule has 1 aliphatic rings. The molecule has 2 aromatic carbocycles. The quantitative estimate of drug-likeness (QED) is 0.794. The number of carbonyl (C=O) groups excluding carboxylic acids is 2. The standard InChI is InChI=1S/C19H21N3O4S/c1-2-18(23)20-14-8-10-16(11-9-14)27(25,26)21-17-12-13-22(19(17)24)15-6-4-3-5-7-15/h3-11,17,21H,2,12-13H2,1H3,(H,20,23). The number of para-hydroxylation sites is 1. The van der Waals surface area contributed by atoms with Gasteiger partial charge in [0, 0.05) is 24.3 Å². The van der Waals surface area contributed by atoms with Gasteiger partial charge in [0.15, 0.2) is 0 Å². The van der Waals surface area contributed by atoms with E-state index in [-0.39, 0.29) is 16.7 Å². The molecule has 1 saturated heterocycles. The number of benzene rings is 2. The molecule has 1 atom stereocenters. The highest BCUT2D eigenvalue weighted by atomic mass is 32.2. The molecule has 1 aliphatic heterocycles. The first-order valence-corrected chi connectivity index (χ1v) is 10.2. The molecule has 27 heavy (non-hydrogen) atoms. The summed E-state index contributed by atoms with van der Waals surface area (Å²) in [6.45, 7) is 2.19. The number of amides is 2. The summed E-state index contributed by atoms with van der Waals surface area (Å²) in [5.74, 6) is -0.419. The zero-order valence-corrected chi connectivity index (χ0v) is 15.7. The fraction of sp³-hybridized carbons (Fsp3) is 0.263. The van der Waals surface area contributed by atoms with E-state index >= 15 is 0 Å². The zero-order chi connectivity index (χ0) is 19.4. The van der Waals surface area contributed by atoms with E-state index < -0.39 is 16.1 Å². The minimum atomic E-state index is -3.84. The van der Waals surface area contributed by atoms with Gasteiger partial charge in [0.1, 0.15) is 6.04 Å². The number of nitrogens with zero attached hydrogens (tertiary/aromatic N) is 1. The number of anilines is 2. The van der Waals surface area contributed by atoms with Gasteiger partial charge in [-0.25, -0.2) is 8.42 Å². The van der Waals surface area contributed by atoms with Crippen LogP contribution in [0.3, 0.4) is 0 Å². The third-order valence-corrected chi connectivity index (χ3v) is 5.83. The fourth-order valence-corrected chi connectivity index (χ4v) is 4.10. The molecule has 142 valence electrons. The maximum absolute atomic E-state index is 12.6. The largest absolute Gasteiger partial charge is 0.326 e. The van der Waals surface area contributed by atoms with E-state index in [1.165, 1.54) is 24.3 Å². The minimum Gasteiger partial charge on any atom is -0.326 e. The number of rotatable bonds is 6. The summed E-state index contributed by atoms with van der Waals surface area (Å²) in [5.41, 5.74) is 1.27. The molecule has 1 fully saturated rings. The van der Waals surface area contributed by atoms with E-state index in [0.717, 1.165) is 5.69 Å². The molecule has 1 heterocycles. The van der Waals surface area contributed by atoms with Gasteiger partial charge >= 0.3 is 0 Å². The number of carbonyl (C=O) groups is 2. The van der Waals surface area contributed by atoms with Crippen LogP contribution >= 0.6 is 0 Å². The molecule has 2 N–H and O–H groups in total. The number of sulfonamides is 1. The van der Waals surface area contributed by atoms with Gasteiger partial charge in [0.2, 0.25) is 21.8 Å². The summed E-state index contributed by atoms with van der Waals surface area (Å²) < 4.78 is 27.7. The first kappa shape index (κ1) is 19.1. The topological polar surface area (TPSA) is 95.6 Å². The Labute approximate surface area is 158 Å². The summed E-state index contributed by atoms with van der Waals surface area (Å²) in [6.07, 6.45) is 0.737. The van der Waals surface area contributed by atoms with Crippen molar-refractivity contribution in [1.29, 1.82) is 0 Å². The van der Waals surface area contributed by atoms with Crippen molar-refractivity contribution in [2.24, 2.45) is 0 Å². The van der Waals surface area contributed by atoms with Crippen LogP contribution in [-0.2, 0) is 19.6 Å². The van der Waals surface area contributed by atoms with Crippen molar-refractivity contribution in [3.8, 4) is 0 Å². The van der Waals surface area contributed by atoms with Gasteiger partial charge in [0.25, 0.3) is 0 Å². The van der Waals surface area contributed by atoms with E-state index in [4.69, 9.17) is 0 Å². The van der Waals surface area contributed by atoms with Crippen molar-refractivity contribution in [3.63, 3.8) is 0 Å². The lowest BCUT2D eigenvalue weighted by atomic mass is 10.3. The van der Waals surface area contributed by atoms with Gasteiger partial charge in [-0.05, 0) is 42.8 Å². The van der Waals surface area contributed by atoms with Crippen LogP contribution in [0.5, 0.6) is 0 Å². The second-order valence-corrected chi connectivity index (χ2v) is 7.93. The highest BCUT2D eigenvalue weighted by Crippen LogP contribution is 2.22. The summed E-state index contributed by atoms with van der Waals surface area (Å²) in [5, 5.41) is 2.66. The van der Waals surface area contributed by atoms with Crippen LogP contribution in [-0.4, -0.2) is 32.8 Å². The molecule has 2 amide bonds. The Bertz CT molecular complexity index is 927. The number of hydrogen-bond acceptors (Lipinski definition) is 4. The van der Waals surface area contributed by atoms with E-state index in [1.807, 2.05) is 30.3 Å². The highest BCUT2D eigenvalue weighted by molar-refractivity contribution is 7.89. The Kier molecular flexibility index (Phi) is 5.57. The van der Waals surface area contributed by atoms with Crippen molar-refractivity contribution in [2.75, 3.05) is 16.8 Å². The van der Waals surface area contributed by atoms with Gasteiger partial charge in [-0.3, -0.25) is 9.59 Å². The Balaban J connectivity index is 1.69. The smallest absolute Gasteiger partial charge is 0.245 e. The molecule has 0 spiro atoms. The van der Waals surface area contributed by atoms with Gasteiger partial charge in [-0.15, -0.1) is 0 Å². The SMILES string of the molecule is CCC(=O)Nc1ccc(S(=O)(=O)NC2CCN(c3ccccc3)C2=O)cc1. The van der Waals surface area contributed by atoms with Crippen LogP contribution < -0.4 is 14.9 Å². The molecule has 0 radical (unpaired) electrons. The average Bonchev–Trinajstić information content (AvgIpc) is 3.02. The van der Waals surface area contributed by atoms with Crippen LogP contribution in [0.25, 0.3) is 0 Å². The summed E-state index contributed by atoms with van der Waals surface area (Å²) >= 11 is 0. The van der Waals surface area contributed by atoms with Crippen molar-refractivity contribution in [1.82, 2.24) is 4.72 Å². The zero-order valence-electron chi connectivity index (χ0n) is 14.9. The maximum atomic E-state index is 12.6. The second-order valence-electron chi connectivity index (χ2n) is 6.21. The summed E-state index contributed by atoms with van der Waals surface area (Å²) in [4.78, 5) is 25.6. The van der Waals surface area contributed by atoms with Crippen LogP contribution in [0.4, 0.5) is 11.4 Å². The van der Waals surface area contributed by atoms with Crippen LogP contribution in [0, 0.1) is 0 Å². The molecule has 0 bridgehead atoms. The van der Waals surface area contributed by atoms with E-state index in [9.17, 15) is 18.0 Å². The van der Waals surface area contributed by atoms with Crippen LogP contribution in [0.2, 0.25) is 0 Å². The first-order chi connectivity index (χ1) is 12.9. The third-order valence-electron chi connectivity index (χ3n) is 4.34. The van der Waals surface area contributed by atoms with E-state index in [2.05, 4.69) is 10.0 Å². The molecule has 0 saturated carbocycles. The Morgan fingerprint density at radius 3 is 2.41 bits per heavy atom. The fourth-order valence-electron chi connectivity index (χ4n) is 2.88. The molecule has 0 aliphatic carbocycles. The summed E-state index contributed by atoms with van der Waals surface area (Å²) in [7, 11) is -3.84. The maximum Gasteiger partial charge on any atom is 0.245 e. The Morgan fingerprint density at radius 2 is 1.78 bits per heavy atom. The van der Waals surface area contributed by atoms with Gasteiger partial charge in [0.05, 0.1) is 4.90 Å². The normalized spacial score (nSPS) is 17.1. The van der Waals surface area contributed by atoms with Crippen molar-refractivity contribution >= 4 is 33.2 Å². The van der Waals surface area contributed by atoms with E-state index in [0.29, 0.717) is 25.1 Å². The van der Waals surface area contributed by atoms with Crippen molar-refractivity contribution in [3.05, 3.63) is 54.6 Å². The molecule has 8 heteroatoms. The predicted molar refractivity (Wildman–Crippen MR) is 103 cm³/mol. The van der Waals surface area contributed by atoms with Gasteiger partial charge in [-0.1, -0.05) is 25.1 Å². The minimum absolute atomic E-state index is 0.0444. The lowest BCUT2D eigenvalue weighted by Gasteiger charge is -2.17. The molecular weight excluding hydrogens is 366 g/mol. The molecular formula is C19H21N3O4S. The molecule has 1 unspecified atom stereocenters. The molecule has 7 nitrogen and oxygen atoms in total. The lowest BCUT2D eigenvalue weighted by molar-refractivity contribution is -0.118. The lowest BCUT2D eigenvalue weighted by Crippen LogP contribution is -2.41. The molecule has 3 rings (SSSR count). The highest BCUT2D eigenvalue weighted by Gasteiger charge is 2.35. The molecule has 2 aromatic rings. The predicted octanol–water partition coefficient (Wildman–Crippen LogP) is 2.12. The summed E-state index contributed by atoms with van der Waals surface area (Å²) in [6, 6.07) is 14.2. The van der Waals surface area contributed by atoms with Crippen molar-refractivity contribution < 1.29 is 18.0 Å². The van der Waals surface area contributed by atoms with Crippen molar-refractivity contribution in [2.45, 2.75) is 30.7 Å². The van der Waals surface area contributed by atoms with Gasteiger partial charge < -0.3 is 10.2 Å². The first-order valence-electron chi connectivity index (χ1n) is 8.69. The van der Waals surface area contributed by atoms with Gasteiger partial charge in [-0.2, -0.15) is 4.72 Å². The number of nitrogens with one attached hydrogen (secondary N) is 2. The van der Waals surface area contributed by atoms with Crippen LogP contribution in [0.15, 0.2) is 59.5 Å². The average molecular weight is 387 g/mol. The van der Waals surface area contributed by atoms with Crippen LogP contribution in [0.1, 0.15) is 19.8 Å². The monoisotopic (exact) mass is 387 g/mol. The number of hydrogen-bond donors (Lipinski definition) is 2.